The number of ether oxygens (including phenoxy) is 1. The van der Waals surface area contributed by atoms with Gasteiger partial charge in [0.05, 0.1) is 12.7 Å². The molecule has 80 valence electrons. The first-order valence-electron chi connectivity index (χ1n) is 4.68. The van der Waals surface area contributed by atoms with E-state index in [-0.39, 0.29) is 18.4 Å². The lowest BCUT2D eigenvalue weighted by molar-refractivity contribution is -0.140. The Kier molecular flexibility index (Phi) is 3.88. The molecule has 0 aromatic carbocycles. The van der Waals surface area contributed by atoms with Crippen LogP contribution in [0.5, 0.6) is 0 Å². The Bertz CT molecular complexity index is 229. The molecule has 5 nitrogen and oxygen atoms in total. The Morgan fingerprint density at radius 2 is 2.29 bits per heavy atom. The van der Waals surface area contributed by atoms with E-state index in [1.165, 1.54) is 6.92 Å². The molecule has 0 aromatic rings. The second-order valence-corrected chi connectivity index (χ2v) is 3.39. The van der Waals surface area contributed by atoms with Gasteiger partial charge in [0.15, 0.2) is 0 Å². The van der Waals surface area contributed by atoms with Crippen LogP contribution in [0.1, 0.15) is 19.8 Å². The SMILES string of the molecule is CC(=O)N1CCOC(CCC(=O)O)C1. The minimum Gasteiger partial charge on any atom is -0.481 e. The molecule has 1 aliphatic rings. The van der Waals surface area contributed by atoms with E-state index in [2.05, 4.69) is 0 Å². The van der Waals surface area contributed by atoms with Crippen LogP contribution in [0, 0.1) is 0 Å². The Labute approximate surface area is 82.6 Å². The van der Waals surface area contributed by atoms with E-state index in [4.69, 9.17) is 9.84 Å². The Balaban J connectivity index is 2.32. The third-order valence-electron chi connectivity index (χ3n) is 2.26. The van der Waals surface area contributed by atoms with E-state index in [9.17, 15) is 9.59 Å². The number of morpholine rings is 1. The van der Waals surface area contributed by atoms with Gasteiger partial charge in [0.1, 0.15) is 0 Å². The maximum Gasteiger partial charge on any atom is 0.303 e. The monoisotopic (exact) mass is 201 g/mol. The molecule has 1 fully saturated rings. The minimum atomic E-state index is -0.825. The number of rotatable bonds is 3. The van der Waals surface area contributed by atoms with Gasteiger partial charge in [0.2, 0.25) is 5.91 Å². The van der Waals surface area contributed by atoms with Crippen molar-refractivity contribution in [3.8, 4) is 0 Å². The molecule has 1 saturated heterocycles. The first-order valence-corrected chi connectivity index (χ1v) is 4.68. The highest BCUT2D eigenvalue weighted by Gasteiger charge is 2.22. The number of hydrogen-bond donors (Lipinski definition) is 1. The Morgan fingerprint density at radius 3 is 2.86 bits per heavy atom. The summed E-state index contributed by atoms with van der Waals surface area (Å²) < 4.78 is 5.35. The van der Waals surface area contributed by atoms with Gasteiger partial charge in [-0.3, -0.25) is 9.59 Å². The smallest absolute Gasteiger partial charge is 0.303 e. The van der Waals surface area contributed by atoms with Crippen molar-refractivity contribution in [1.82, 2.24) is 4.90 Å². The number of aliphatic carboxylic acids is 1. The molecule has 1 N–H and O–H groups in total. The van der Waals surface area contributed by atoms with Crippen molar-refractivity contribution in [2.75, 3.05) is 19.7 Å². The van der Waals surface area contributed by atoms with Crippen molar-refractivity contribution in [2.24, 2.45) is 0 Å². The second-order valence-electron chi connectivity index (χ2n) is 3.39. The summed E-state index contributed by atoms with van der Waals surface area (Å²) in [5.41, 5.74) is 0. The maximum absolute atomic E-state index is 11.0. The van der Waals surface area contributed by atoms with Crippen LogP contribution in [0.25, 0.3) is 0 Å². The first kappa shape index (κ1) is 11.0. The van der Waals surface area contributed by atoms with Crippen molar-refractivity contribution in [3.05, 3.63) is 0 Å². The lowest BCUT2D eigenvalue weighted by Crippen LogP contribution is -2.44. The third kappa shape index (κ3) is 3.33. The molecule has 0 spiro atoms. The Morgan fingerprint density at radius 1 is 1.57 bits per heavy atom. The molecule has 1 heterocycles. The molecule has 0 saturated carbocycles. The van der Waals surface area contributed by atoms with Crippen molar-refractivity contribution < 1.29 is 19.4 Å². The van der Waals surface area contributed by atoms with Crippen molar-refractivity contribution >= 4 is 11.9 Å². The number of carboxylic acids is 1. The van der Waals surface area contributed by atoms with E-state index in [0.29, 0.717) is 26.1 Å². The number of carbonyl (C=O) groups is 2. The number of hydrogen-bond acceptors (Lipinski definition) is 3. The summed E-state index contributed by atoms with van der Waals surface area (Å²) in [5.74, 6) is -0.804. The van der Waals surface area contributed by atoms with Gasteiger partial charge in [-0.1, -0.05) is 0 Å². The van der Waals surface area contributed by atoms with Gasteiger partial charge in [-0.05, 0) is 6.42 Å². The molecule has 1 aliphatic heterocycles. The highest BCUT2D eigenvalue weighted by molar-refractivity contribution is 5.73. The Hall–Kier alpha value is -1.10. The summed E-state index contributed by atoms with van der Waals surface area (Å²) in [6, 6.07) is 0. The molecule has 1 unspecified atom stereocenters. The van der Waals surface area contributed by atoms with Gasteiger partial charge in [-0.15, -0.1) is 0 Å². The molecule has 1 atom stereocenters. The summed E-state index contributed by atoms with van der Waals surface area (Å²) in [6.45, 7) is 3.14. The topological polar surface area (TPSA) is 66.8 Å². The van der Waals surface area contributed by atoms with Crippen LogP contribution < -0.4 is 0 Å². The number of carboxylic acid groups (broad SMARTS) is 1. The lowest BCUT2D eigenvalue weighted by Gasteiger charge is -2.32. The molecule has 0 aromatic heterocycles. The van der Waals surface area contributed by atoms with Gasteiger partial charge in [-0.25, -0.2) is 0 Å². The fourth-order valence-electron chi connectivity index (χ4n) is 1.46. The van der Waals surface area contributed by atoms with Gasteiger partial charge < -0.3 is 14.7 Å². The summed E-state index contributed by atoms with van der Waals surface area (Å²) in [5, 5.41) is 8.48. The normalized spacial score (nSPS) is 22.1. The summed E-state index contributed by atoms with van der Waals surface area (Å²) in [6.07, 6.45) is 0.443. The average Bonchev–Trinajstić information content (AvgIpc) is 2.15. The largest absolute Gasteiger partial charge is 0.481 e. The van der Waals surface area contributed by atoms with Gasteiger partial charge in [0, 0.05) is 26.4 Å². The van der Waals surface area contributed by atoms with Gasteiger partial charge in [-0.2, -0.15) is 0 Å². The third-order valence-corrected chi connectivity index (χ3v) is 2.26. The molecule has 14 heavy (non-hydrogen) atoms. The number of amides is 1. The number of carbonyl (C=O) groups excluding carboxylic acids is 1. The van der Waals surface area contributed by atoms with Crippen LogP contribution >= 0.6 is 0 Å². The standard InChI is InChI=1S/C9H15NO4/c1-7(11)10-4-5-14-8(6-10)2-3-9(12)13/h8H,2-6H2,1H3,(H,12,13). The number of nitrogens with zero attached hydrogens (tertiary/aromatic N) is 1. The molecule has 5 heteroatoms. The van der Waals surface area contributed by atoms with Crippen LogP contribution in [0.3, 0.4) is 0 Å². The molecule has 1 amide bonds. The highest BCUT2D eigenvalue weighted by atomic mass is 16.5. The van der Waals surface area contributed by atoms with E-state index >= 15 is 0 Å². The molecule has 0 bridgehead atoms. The van der Waals surface area contributed by atoms with Crippen LogP contribution in [-0.2, 0) is 14.3 Å². The predicted molar refractivity (Wildman–Crippen MR) is 48.9 cm³/mol. The molecular formula is C9H15NO4. The van der Waals surface area contributed by atoms with Crippen LogP contribution in [0.2, 0.25) is 0 Å². The van der Waals surface area contributed by atoms with Crippen LogP contribution in [-0.4, -0.2) is 47.7 Å². The van der Waals surface area contributed by atoms with E-state index in [0.717, 1.165) is 0 Å². The van der Waals surface area contributed by atoms with Crippen molar-refractivity contribution in [3.63, 3.8) is 0 Å². The highest BCUT2D eigenvalue weighted by Crippen LogP contribution is 2.10. The molecular weight excluding hydrogens is 186 g/mol. The zero-order chi connectivity index (χ0) is 10.6. The van der Waals surface area contributed by atoms with Crippen molar-refractivity contribution in [2.45, 2.75) is 25.9 Å². The van der Waals surface area contributed by atoms with Gasteiger partial charge in [0.25, 0.3) is 0 Å². The molecule has 0 aliphatic carbocycles. The van der Waals surface area contributed by atoms with Gasteiger partial charge >= 0.3 is 5.97 Å². The van der Waals surface area contributed by atoms with Crippen LogP contribution in [0.15, 0.2) is 0 Å². The summed E-state index contributed by atoms with van der Waals surface area (Å²) >= 11 is 0. The van der Waals surface area contributed by atoms with Crippen molar-refractivity contribution in [1.29, 1.82) is 0 Å². The predicted octanol–water partition coefficient (Wildman–Crippen LogP) is 0.0985. The lowest BCUT2D eigenvalue weighted by atomic mass is 10.1. The van der Waals surface area contributed by atoms with E-state index < -0.39 is 5.97 Å². The zero-order valence-corrected chi connectivity index (χ0v) is 8.23. The quantitative estimate of drug-likeness (QED) is 0.703. The minimum absolute atomic E-state index is 0.0219. The van der Waals surface area contributed by atoms with E-state index in [1.807, 2.05) is 0 Å². The van der Waals surface area contributed by atoms with E-state index in [1.54, 1.807) is 4.90 Å². The zero-order valence-electron chi connectivity index (χ0n) is 8.23. The second kappa shape index (κ2) is 4.95. The summed E-state index contributed by atoms with van der Waals surface area (Å²) in [4.78, 5) is 23.0. The van der Waals surface area contributed by atoms with Crippen LogP contribution in [0.4, 0.5) is 0 Å². The fraction of sp³-hybridized carbons (Fsp3) is 0.778. The molecule has 1 rings (SSSR count). The fourth-order valence-corrected chi connectivity index (χ4v) is 1.46. The first-order chi connectivity index (χ1) is 6.59. The maximum atomic E-state index is 11.0. The average molecular weight is 201 g/mol. The molecule has 0 radical (unpaired) electrons. The summed E-state index contributed by atoms with van der Waals surface area (Å²) in [7, 11) is 0.